The molecule has 1 aromatic carbocycles. The summed E-state index contributed by atoms with van der Waals surface area (Å²) in [5, 5.41) is 4.42. The summed E-state index contributed by atoms with van der Waals surface area (Å²) in [6, 6.07) is 9.14. The number of halogens is 1. The third-order valence-electron chi connectivity index (χ3n) is 4.10. The molecule has 1 aromatic heterocycles. The molecule has 130 valence electrons. The molecular weight excluding hydrogens is 350 g/mol. The molecule has 1 atom stereocenters. The molecule has 0 saturated carbocycles. The van der Waals surface area contributed by atoms with Crippen molar-refractivity contribution in [3.05, 3.63) is 46.8 Å². The van der Waals surface area contributed by atoms with Crippen molar-refractivity contribution in [2.75, 3.05) is 24.5 Å². The van der Waals surface area contributed by atoms with Crippen molar-refractivity contribution in [1.82, 2.24) is 9.46 Å². The van der Waals surface area contributed by atoms with E-state index in [4.69, 9.17) is 16.1 Å². The third-order valence-corrected chi connectivity index (χ3v) is 6.24. The maximum absolute atomic E-state index is 12.7. The smallest absolute Gasteiger partial charge is 0.221 e. The van der Waals surface area contributed by atoms with Crippen LogP contribution in [0.2, 0.25) is 5.02 Å². The molecule has 24 heavy (non-hydrogen) atoms. The first kappa shape index (κ1) is 17.3. The van der Waals surface area contributed by atoms with Gasteiger partial charge in [0.15, 0.2) is 5.76 Å². The maximum atomic E-state index is 12.7. The summed E-state index contributed by atoms with van der Waals surface area (Å²) in [5.74, 6) is 0.215. The van der Waals surface area contributed by atoms with Crippen LogP contribution in [0.4, 0.5) is 5.69 Å². The number of rotatable bonds is 4. The zero-order valence-electron chi connectivity index (χ0n) is 13.6. The third kappa shape index (κ3) is 3.74. The molecule has 1 fully saturated rings. The monoisotopic (exact) mass is 369 g/mol. The quantitative estimate of drug-likeness (QED) is 0.828. The number of anilines is 1. The summed E-state index contributed by atoms with van der Waals surface area (Å²) in [6.45, 7) is 5.36. The fourth-order valence-electron chi connectivity index (χ4n) is 3.01. The minimum absolute atomic E-state index is 0.133. The van der Waals surface area contributed by atoms with Gasteiger partial charge in [0.2, 0.25) is 10.0 Å². The zero-order chi connectivity index (χ0) is 17.3. The van der Waals surface area contributed by atoms with Crippen molar-refractivity contribution in [2.45, 2.75) is 25.6 Å². The largest absolute Gasteiger partial charge is 0.369 e. The minimum Gasteiger partial charge on any atom is -0.369 e. The highest BCUT2D eigenvalue weighted by molar-refractivity contribution is 7.88. The van der Waals surface area contributed by atoms with Crippen LogP contribution in [0.1, 0.15) is 18.4 Å². The Morgan fingerprint density at radius 1 is 1.33 bits per heavy atom. The van der Waals surface area contributed by atoms with Crippen LogP contribution in [0.5, 0.6) is 0 Å². The Kier molecular flexibility index (Phi) is 4.85. The standard InChI is InChI=1S/C16H20ClN3O3S/c1-12-8-16(23-18-12)11-24(21,22)20-7-6-19(10-13(20)2)15-5-3-4-14(17)9-15/h3-5,8-9,13H,6-7,10-11H2,1-2H3. The van der Waals surface area contributed by atoms with Gasteiger partial charge in [0.05, 0.1) is 5.69 Å². The Balaban J connectivity index is 1.71. The van der Waals surface area contributed by atoms with Crippen LogP contribution >= 0.6 is 11.6 Å². The molecular formula is C16H20ClN3O3S. The summed E-state index contributed by atoms with van der Waals surface area (Å²) in [7, 11) is -3.44. The molecule has 0 bridgehead atoms. The molecule has 1 aliphatic rings. The van der Waals surface area contributed by atoms with Crippen LogP contribution < -0.4 is 4.90 Å². The molecule has 1 saturated heterocycles. The molecule has 6 nitrogen and oxygen atoms in total. The van der Waals surface area contributed by atoms with Gasteiger partial charge in [-0.15, -0.1) is 0 Å². The van der Waals surface area contributed by atoms with E-state index in [1.165, 1.54) is 0 Å². The minimum atomic E-state index is -3.44. The van der Waals surface area contributed by atoms with Crippen LogP contribution in [0.25, 0.3) is 0 Å². The summed E-state index contributed by atoms with van der Waals surface area (Å²) in [6.07, 6.45) is 0. The van der Waals surface area contributed by atoms with Gasteiger partial charge in [0, 0.05) is 42.5 Å². The molecule has 1 unspecified atom stereocenters. The molecule has 0 N–H and O–H groups in total. The maximum Gasteiger partial charge on any atom is 0.221 e. The van der Waals surface area contributed by atoms with E-state index >= 15 is 0 Å². The van der Waals surface area contributed by atoms with Gasteiger partial charge in [-0.3, -0.25) is 0 Å². The summed E-state index contributed by atoms with van der Waals surface area (Å²) < 4.78 is 31.9. The van der Waals surface area contributed by atoms with Gasteiger partial charge in [0.25, 0.3) is 0 Å². The van der Waals surface area contributed by atoms with E-state index in [0.717, 1.165) is 5.69 Å². The van der Waals surface area contributed by atoms with E-state index in [-0.39, 0.29) is 11.8 Å². The molecule has 0 spiro atoms. The Hall–Kier alpha value is -1.57. The number of aromatic nitrogens is 1. The van der Waals surface area contributed by atoms with Crippen molar-refractivity contribution < 1.29 is 12.9 Å². The number of benzene rings is 1. The molecule has 2 heterocycles. The lowest BCUT2D eigenvalue weighted by Crippen LogP contribution is -2.54. The van der Waals surface area contributed by atoms with Crippen molar-refractivity contribution in [1.29, 1.82) is 0 Å². The number of nitrogens with zero attached hydrogens (tertiary/aromatic N) is 3. The lowest BCUT2D eigenvalue weighted by molar-refractivity contribution is 0.303. The molecule has 8 heteroatoms. The zero-order valence-corrected chi connectivity index (χ0v) is 15.2. The predicted molar refractivity (Wildman–Crippen MR) is 93.7 cm³/mol. The summed E-state index contributed by atoms with van der Waals surface area (Å²) >= 11 is 6.04. The fraction of sp³-hybridized carbons (Fsp3) is 0.438. The van der Waals surface area contributed by atoms with Crippen LogP contribution in [-0.2, 0) is 15.8 Å². The second kappa shape index (κ2) is 6.74. The average molecular weight is 370 g/mol. The Morgan fingerprint density at radius 2 is 2.12 bits per heavy atom. The first-order valence-corrected chi connectivity index (χ1v) is 9.76. The number of hydrogen-bond donors (Lipinski definition) is 0. The number of aryl methyl sites for hydroxylation is 1. The molecule has 2 aromatic rings. The van der Waals surface area contributed by atoms with Gasteiger partial charge in [0.1, 0.15) is 5.75 Å². The highest BCUT2D eigenvalue weighted by Crippen LogP contribution is 2.24. The Labute approximate surface area is 147 Å². The van der Waals surface area contributed by atoms with Gasteiger partial charge in [-0.1, -0.05) is 22.8 Å². The van der Waals surface area contributed by atoms with Crippen molar-refractivity contribution in [3.63, 3.8) is 0 Å². The van der Waals surface area contributed by atoms with Gasteiger partial charge in [-0.25, -0.2) is 8.42 Å². The van der Waals surface area contributed by atoms with E-state index in [1.807, 2.05) is 31.2 Å². The summed E-state index contributed by atoms with van der Waals surface area (Å²) in [5.41, 5.74) is 1.69. The van der Waals surface area contributed by atoms with Crippen molar-refractivity contribution in [2.24, 2.45) is 0 Å². The van der Waals surface area contributed by atoms with E-state index in [9.17, 15) is 8.42 Å². The number of hydrogen-bond acceptors (Lipinski definition) is 5. The van der Waals surface area contributed by atoms with Crippen LogP contribution in [0.15, 0.2) is 34.9 Å². The van der Waals surface area contributed by atoms with Crippen molar-refractivity contribution in [3.8, 4) is 0 Å². The van der Waals surface area contributed by atoms with E-state index in [0.29, 0.717) is 36.1 Å². The first-order valence-electron chi connectivity index (χ1n) is 7.77. The van der Waals surface area contributed by atoms with E-state index < -0.39 is 10.0 Å². The van der Waals surface area contributed by atoms with Crippen molar-refractivity contribution >= 4 is 27.3 Å². The van der Waals surface area contributed by atoms with Crippen LogP contribution in [0.3, 0.4) is 0 Å². The van der Waals surface area contributed by atoms with Crippen LogP contribution in [0, 0.1) is 6.92 Å². The lowest BCUT2D eigenvalue weighted by Gasteiger charge is -2.40. The van der Waals surface area contributed by atoms with Gasteiger partial charge in [-0.05, 0) is 32.0 Å². The SMILES string of the molecule is Cc1cc(CS(=O)(=O)N2CCN(c3cccc(Cl)c3)CC2C)on1. The average Bonchev–Trinajstić information content (AvgIpc) is 2.91. The summed E-state index contributed by atoms with van der Waals surface area (Å²) in [4.78, 5) is 2.15. The Morgan fingerprint density at radius 3 is 2.75 bits per heavy atom. The Bertz CT molecular complexity index is 821. The fourth-order valence-corrected chi connectivity index (χ4v) is 4.83. The van der Waals surface area contributed by atoms with E-state index in [2.05, 4.69) is 10.1 Å². The van der Waals surface area contributed by atoms with E-state index in [1.54, 1.807) is 17.3 Å². The molecule has 0 aliphatic carbocycles. The van der Waals surface area contributed by atoms with Gasteiger partial charge in [-0.2, -0.15) is 4.31 Å². The first-order chi connectivity index (χ1) is 11.3. The van der Waals surface area contributed by atoms with Gasteiger partial charge < -0.3 is 9.42 Å². The molecule has 3 rings (SSSR count). The molecule has 0 amide bonds. The highest BCUT2D eigenvalue weighted by atomic mass is 35.5. The predicted octanol–water partition coefficient (Wildman–Crippen LogP) is 2.68. The second-order valence-electron chi connectivity index (χ2n) is 6.08. The second-order valence-corrected chi connectivity index (χ2v) is 8.43. The molecule has 0 radical (unpaired) electrons. The number of sulfonamides is 1. The number of piperazine rings is 1. The van der Waals surface area contributed by atoms with Gasteiger partial charge >= 0.3 is 0 Å². The topological polar surface area (TPSA) is 66.7 Å². The normalized spacial score (nSPS) is 19.6. The molecule has 1 aliphatic heterocycles. The highest BCUT2D eigenvalue weighted by Gasteiger charge is 2.33. The lowest BCUT2D eigenvalue weighted by atomic mass is 10.2. The van der Waals surface area contributed by atoms with Crippen LogP contribution in [-0.4, -0.2) is 43.6 Å².